The zero-order valence-electron chi connectivity index (χ0n) is 15.5. The van der Waals surface area contributed by atoms with Gasteiger partial charge in [-0.3, -0.25) is 0 Å². The molecule has 0 aliphatic heterocycles. The monoisotopic (exact) mass is 377 g/mol. The minimum absolute atomic E-state index is 0.364. The second kappa shape index (κ2) is 8.58. The first-order chi connectivity index (χ1) is 12.1. The molecule has 0 amide bonds. The molecule has 0 heterocycles. The molecule has 0 saturated carbocycles. The Morgan fingerprint density at radius 3 is 0.920 bits per heavy atom. The van der Waals surface area contributed by atoms with E-state index in [1.807, 2.05) is 0 Å². The molecule has 1 nitrogen and oxygen atoms in total. The highest BCUT2D eigenvalue weighted by Gasteiger charge is 2.10. The zero-order valence-corrected chi connectivity index (χ0v) is 19.7. The van der Waals surface area contributed by atoms with Gasteiger partial charge in [0.2, 0.25) is 0 Å². The molecule has 0 bridgehead atoms. The van der Waals surface area contributed by atoms with Crippen molar-refractivity contribution in [2.24, 2.45) is 0 Å². The van der Waals surface area contributed by atoms with Gasteiger partial charge in [-0.2, -0.15) is 0 Å². The standard InChI is InChI=1S/C21H27NSi3/c1-16-4-10-19(11-5-16)23-22(24-20-12-6-17(2)7-13-20)25-21-14-8-18(3)9-15-21/h4-15H,23-25H2,1-3H3. The van der Waals surface area contributed by atoms with Crippen LogP contribution in [0.3, 0.4) is 0 Å². The van der Waals surface area contributed by atoms with Crippen LogP contribution in [0.1, 0.15) is 16.7 Å². The summed E-state index contributed by atoms with van der Waals surface area (Å²) in [4.78, 5) is 0. The van der Waals surface area contributed by atoms with Crippen molar-refractivity contribution in [3.63, 3.8) is 0 Å². The fourth-order valence-corrected chi connectivity index (χ4v) is 11.9. The molecule has 0 radical (unpaired) electrons. The summed E-state index contributed by atoms with van der Waals surface area (Å²) in [6.07, 6.45) is 0. The van der Waals surface area contributed by atoms with Crippen LogP contribution in [0.4, 0.5) is 0 Å². The van der Waals surface area contributed by atoms with Gasteiger partial charge in [-0.15, -0.1) is 0 Å². The molecular weight excluding hydrogens is 350 g/mol. The lowest BCUT2D eigenvalue weighted by Crippen LogP contribution is -2.49. The highest BCUT2D eigenvalue weighted by Crippen LogP contribution is 1.97. The zero-order chi connectivity index (χ0) is 17.6. The number of hydrogen-bond acceptors (Lipinski definition) is 1. The lowest BCUT2D eigenvalue weighted by molar-refractivity contribution is 1.12. The number of rotatable bonds is 6. The van der Waals surface area contributed by atoms with E-state index >= 15 is 0 Å². The van der Waals surface area contributed by atoms with Crippen LogP contribution in [0, 0.1) is 20.8 Å². The first-order valence-electron chi connectivity index (χ1n) is 8.97. The van der Waals surface area contributed by atoms with E-state index < -0.39 is 0 Å². The van der Waals surface area contributed by atoms with E-state index in [0.717, 1.165) is 0 Å². The summed E-state index contributed by atoms with van der Waals surface area (Å²) in [6.45, 7) is 6.52. The smallest absolute Gasteiger partial charge is 0.114 e. The van der Waals surface area contributed by atoms with Crippen LogP contribution < -0.4 is 15.6 Å². The van der Waals surface area contributed by atoms with Crippen molar-refractivity contribution in [2.45, 2.75) is 20.8 Å². The Morgan fingerprint density at radius 2 is 0.680 bits per heavy atom. The first-order valence-corrected chi connectivity index (χ1v) is 13.0. The van der Waals surface area contributed by atoms with Crippen molar-refractivity contribution >= 4 is 44.6 Å². The van der Waals surface area contributed by atoms with E-state index in [-0.39, 0.29) is 29.0 Å². The molecule has 0 unspecified atom stereocenters. The largest absolute Gasteiger partial charge is 0.372 e. The van der Waals surface area contributed by atoms with E-state index in [2.05, 4.69) is 97.5 Å². The second-order valence-electron chi connectivity index (χ2n) is 7.10. The maximum atomic E-state index is 2.93. The van der Waals surface area contributed by atoms with Gasteiger partial charge in [-0.25, -0.2) is 0 Å². The van der Waals surface area contributed by atoms with Gasteiger partial charge in [-0.1, -0.05) is 105 Å². The first kappa shape index (κ1) is 18.1. The number of aryl methyl sites for hydroxylation is 3. The van der Waals surface area contributed by atoms with Gasteiger partial charge >= 0.3 is 0 Å². The van der Waals surface area contributed by atoms with Gasteiger partial charge in [0.05, 0.1) is 0 Å². The Kier molecular flexibility index (Phi) is 6.20. The highest BCUT2D eigenvalue weighted by molar-refractivity contribution is 6.79. The summed E-state index contributed by atoms with van der Waals surface area (Å²) in [7, 11) is -1.09. The predicted molar refractivity (Wildman–Crippen MR) is 120 cm³/mol. The number of benzene rings is 3. The second-order valence-corrected chi connectivity index (χ2v) is 15.9. The van der Waals surface area contributed by atoms with Gasteiger partial charge in [0.25, 0.3) is 0 Å². The van der Waals surface area contributed by atoms with Crippen molar-refractivity contribution in [1.82, 2.24) is 3.90 Å². The van der Waals surface area contributed by atoms with Crippen molar-refractivity contribution in [3.8, 4) is 0 Å². The summed E-state index contributed by atoms with van der Waals surface area (Å²) in [5, 5.41) is 4.72. The molecule has 0 saturated heterocycles. The third-order valence-electron chi connectivity index (χ3n) is 4.58. The summed E-state index contributed by atoms with van der Waals surface area (Å²) in [5.41, 5.74) is 4.07. The molecule has 0 atom stereocenters. The lowest BCUT2D eigenvalue weighted by Gasteiger charge is -2.23. The van der Waals surface area contributed by atoms with Crippen molar-refractivity contribution in [1.29, 1.82) is 0 Å². The van der Waals surface area contributed by atoms with Crippen LogP contribution in [0.5, 0.6) is 0 Å². The van der Waals surface area contributed by atoms with Gasteiger partial charge in [-0.05, 0) is 20.8 Å². The molecule has 0 aliphatic carbocycles. The van der Waals surface area contributed by atoms with E-state index in [1.54, 1.807) is 15.6 Å². The van der Waals surface area contributed by atoms with E-state index in [9.17, 15) is 0 Å². The Balaban J connectivity index is 1.77. The SMILES string of the molecule is Cc1ccc([SiH2]N([SiH2]c2ccc(C)cc2)[SiH2]c2ccc(C)cc2)cc1. The maximum Gasteiger partial charge on any atom is 0.114 e. The van der Waals surface area contributed by atoms with Gasteiger partial charge in [0.1, 0.15) is 29.0 Å². The van der Waals surface area contributed by atoms with E-state index in [1.165, 1.54) is 16.7 Å². The Hall–Kier alpha value is -1.73. The Morgan fingerprint density at radius 1 is 0.440 bits per heavy atom. The third-order valence-corrected chi connectivity index (χ3v) is 12.5. The molecule has 0 spiro atoms. The quantitative estimate of drug-likeness (QED) is 0.564. The molecule has 0 N–H and O–H groups in total. The molecule has 0 aromatic heterocycles. The van der Waals surface area contributed by atoms with Crippen LogP contribution in [-0.4, -0.2) is 32.9 Å². The number of hydrogen-bond donors (Lipinski definition) is 0. The maximum absolute atomic E-state index is 2.93. The Labute approximate surface area is 158 Å². The van der Waals surface area contributed by atoms with E-state index in [4.69, 9.17) is 0 Å². The minimum Gasteiger partial charge on any atom is -0.372 e. The molecule has 0 fully saturated rings. The fourth-order valence-electron chi connectivity index (χ4n) is 3.02. The van der Waals surface area contributed by atoms with Gasteiger partial charge in [0.15, 0.2) is 0 Å². The highest BCUT2D eigenvalue weighted by atomic mass is 28.4. The third kappa shape index (κ3) is 5.64. The van der Waals surface area contributed by atoms with E-state index in [0.29, 0.717) is 0 Å². The molecular formula is C21H27NSi3. The topological polar surface area (TPSA) is 3.24 Å². The lowest BCUT2D eigenvalue weighted by atomic mass is 10.2. The molecule has 25 heavy (non-hydrogen) atoms. The van der Waals surface area contributed by atoms with Gasteiger partial charge < -0.3 is 3.90 Å². The number of nitrogens with zero attached hydrogens (tertiary/aromatic N) is 1. The predicted octanol–water partition coefficient (Wildman–Crippen LogP) is 0.442. The summed E-state index contributed by atoms with van der Waals surface area (Å²) in [5.74, 6) is 0. The fraction of sp³-hybridized carbons (Fsp3) is 0.143. The van der Waals surface area contributed by atoms with Crippen LogP contribution in [0.15, 0.2) is 72.8 Å². The minimum atomic E-state index is -0.364. The van der Waals surface area contributed by atoms with Gasteiger partial charge in [0, 0.05) is 0 Å². The van der Waals surface area contributed by atoms with Crippen LogP contribution in [0.25, 0.3) is 0 Å². The van der Waals surface area contributed by atoms with Crippen LogP contribution in [0.2, 0.25) is 0 Å². The average molecular weight is 378 g/mol. The molecule has 128 valence electrons. The van der Waals surface area contributed by atoms with Crippen molar-refractivity contribution < 1.29 is 0 Å². The Bertz CT molecular complexity index is 683. The van der Waals surface area contributed by atoms with Crippen LogP contribution >= 0.6 is 0 Å². The van der Waals surface area contributed by atoms with Crippen LogP contribution in [-0.2, 0) is 0 Å². The summed E-state index contributed by atoms with van der Waals surface area (Å²) in [6, 6.07) is 27.7. The van der Waals surface area contributed by atoms with Crippen molar-refractivity contribution in [2.75, 3.05) is 0 Å². The molecule has 3 aromatic carbocycles. The average Bonchev–Trinajstić information content (AvgIpc) is 2.61. The van der Waals surface area contributed by atoms with Crippen molar-refractivity contribution in [3.05, 3.63) is 89.5 Å². The molecule has 4 heteroatoms. The molecule has 0 aliphatic rings. The summed E-state index contributed by atoms with van der Waals surface area (Å²) < 4.78 is 2.93. The normalized spacial score (nSPS) is 12.5. The molecule has 3 rings (SSSR count). The summed E-state index contributed by atoms with van der Waals surface area (Å²) >= 11 is 0. The molecule has 3 aromatic rings.